The van der Waals surface area contributed by atoms with Crippen LogP contribution in [0.25, 0.3) is 0 Å². The molecule has 0 bridgehead atoms. The highest BCUT2D eigenvalue weighted by Gasteiger charge is 2.41. The van der Waals surface area contributed by atoms with Crippen molar-refractivity contribution in [3.05, 3.63) is 60.0 Å². The van der Waals surface area contributed by atoms with Gasteiger partial charge in [0, 0.05) is 24.3 Å². The monoisotopic (exact) mass is 357 g/mol. The zero-order valence-electron chi connectivity index (χ0n) is 14.3. The van der Waals surface area contributed by atoms with Gasteiger partial charge in [-0.2, -0.15) is 0 Å². The molecule has 1 aromatic rings. The molecule has 0 N–H and O–H groups in total. The molecular formula is C20H20FNO4. The van der Waals surface area contributed by atoms with Gasteiger partial charge in [0.15, 0.2) is 5.78 Å². The van der Waals surface area contributed by atoms with E-state index in [1.165, 1.54) is 29.2 Å². The SMILES string of the molecule is O=C(CCCC(=O)N1C(=O)OCC1C1C=CC=CC1)c1ccc(F)cc1. The smallest absolute Gasteiger partial charge is 0.416 e. The number of carbonyl (C=O) groups is 3. The quantitative estimate of drug-likeness (QED) is 0.729. The van der Waals surface area contributed by atoms with Crippen LogP contribution in [0, 0.1) is 11.7 Å². The molecule has 6 heteroatoms. The number of Topliss-reactive ketones (excluding diaryl/α,β-unsaturated/α-hetero) is 1. The van der Waals surface area contributed by atoms with Gasteiger partial charge < -0.3 is 4.74 Å². The first-order valence-electron chi connectivity index (χ1n) is 8.67. The third kappa shape index (κ3) is 4.07. The van der Waals surface area contributed by atoms with Gasteiger partial charge in [0.05, 0.1) is 6.04 Å². The maximum absolute atomic E-state index is 12.9. The topological polar surface area (TPSA) is 63.7 Å². The standard InChI is InChI=1S/C20H20FNO4/c21-16-11-9-15(10-12-16)18(23)7-4-8-19(24)22-17(13-26-20(22)25)14-5-2-1-3-6-14/h1-3,5,9-12,14,17H,4,6-8,13H2. The van der Waals surface area contributed by atoms with Gasteiger partial charge in [-0.15, -0.1) is 0 Å². The van der Waals surface area contributed by atoms with Crippen molar-refractivity contribution in [2.75, 3.05) is 6.61 Å². The molecule has 2 atom stereocenters. The Kier molecular flexibility index (Phi) is 5.61. The lowest BCUT2D eigenvalue weighted by atomic mass is 9.92. The van der Waals surface area contributed by atoms with E-state index in [9.17, 15) is 18.8 Å². The molecule has 5 nitrogen and oxygen atoms in total. The maximum Gasteiger partial charge on any atom is 0.416 e. The highest BCUT2D eigenvalue weighted by atomic mass is 19.1. The van der Waals surface area contributed by atoms with Crippen molar-refractivity contribution in [3.63, 3.8) is 0 Å². The lowest BCUT2D eigenvalue weighted by molar-refractivity contribution is -0.129. The molecule has 1 heterocycles. The summed E-state index contributed by atoms with van der Waals surface area (Å²) in [5.74, 6) is -0.829. The number of cyclic esters (lactones) is 1. The van der Waals surface area contributed by atoms with E-state index in [0.29, 0.717) is 12.0 Å². The molecule has 3 rings (SSSR count). The van der Waals surface area contributed by atoms with E-state index in [0.717, 1.165) is 6.42 Å². The number of hydrogen-bond donors (Lipinski definition) is 0. The summed E-state index contributed by atoms with van der Waals surface area (Å²) in [5, 5.41) is 0. The predicted molar refractivity (Wildman–Crippen MR) is 93.0 cm³/mol. The fraction of sp³-hybridized carbons (Fsp3) is 0.350. The number of nitrogens with zero attached hydrogens (tertiary/aromatic N) is 1. The van der Waals surface area contributed by atoms with Crippen LogP contribution in [-0.4, -0.2) is 35.3 Å². The van der Waals surface area contributed by atoms with Gasteiger partial charge in [-0.25, -0.2) is 14.1 Å². The summed E-state index contributed by atoms with van der Waals surface area (Å²) < 4.78 is 18.0. The molecule has 2 amide bonds. The molecule has 0 spiro atoms. The summed E-state index contributed by atoms with van der Waals surface area (Å²) in [6.07, 6.45) is 8.52. The molecule has 1 aromatic carbocycles. The average molecular weight is 357 g/mol. The first-order chi connectivity index (χ1) is 12.6. The van der Waals surface area contributed by atoms with Crippen LogP contribution in [-0.2, 0) is 9.53 Å². The zero-order valence-corrected chi connectivity index (χ0v) is 14.3. The van der Waals surface area contributed by atoms with Crippen molar-refractivity contribution in [1.82, 2.24) is 4.90 Å². The van der Waals surface area contributed by atoms with E-state index in [-0.39, 0.29) is 43.1 Å². The second kappa shape index (κ2) is 8.08. The number of allylic oxidation sites excluding steroid dienone is 3. The van der Waals surface area contributed by atoms with Crippen LogP contribution in [0.5, 0.6) is 0 Å². The van der Waals surface area contributed by atoms with Gasteiger partial charge >= 0.3 is 6.09 Å². The Hall–Kier alpha value is -2.76. The minimum atomic E-state index is -0.618. The Labute approximate surface area is 151 Å². The number of ketones is 1. The van der Waals surface area contributed by atoms with E-state index >= 15 is 0 Å². The second-order valence-electron chi connectivity index (χ2n) is 6.40. The fourth-order valence-electron chi connectivity index (χ4n) is 3.22. The minimum absolute atomic E-state index is 0.0521. The molecule has 1 saturated heterocycles. The highest BCUT2D eigenvalue weighted by molar-refractivity contribution is 5.97. The molecule has 26 heavy (non-hydrogen) atoms. The van der Waals surface area contributed by atoms with E-state index in [4.69, 9.17) is 4.74 Å². The molecule has 0 saturated carbocycles. The van der Waals surface area contributed by atoms with Crippen molar-refractivity contribution in [2.24, 2.45) is 5.92 Å². The van der Waals surface area contributed by atoms with Gasteiger partial charge in [0.2, 0.25) is 5.91 Å². The van der Waals surface area contributed by atoms with Crippen molar-refractivity contribution in [3.8, 4) is 0 Å². The molecule has 1 aliphatic carbocycles. The fourth-order valence-corrected chi connectivity index (χ4v) is 3.22. The second-order valence-corrected chi connectivity index (χ2v) is 6.40. The predicted octanol–water partition coefficient (Wildman–Crippen LogP) is 3.66. The number of amides is 2. The molecule has 1 fully saturated rings. The summed E-state index contributed by atoms with van der Waals surface area (Å²) in [6.45, 7) is 0.196. The molecule has 1 aliphatic heterocycles. The van der Waals surface area contributed by atoms with E-state index in [1.54, 1.807) is 0 Å². The van der Waals surface area contributed by atoms with Gasteiger partial charge in [0.25, 0.3) is 0 Å². The Morgan fingerprint density at radius 2 is 1.92 bits per heavy atom. The average Bonchev–Trinajstić information content (AvgIpc) is 3.04. The summed E-state index contributed by atoms with van der Waals surface area (Å²) >= 11 is 0. The molecule has 0 radical (unpaired) electrons. The normalized spacial score (nSPS) is 21.7. The van der Waals surface area contributed by atoms with Crippen LogP contribution < -0.4 is 0 Å². The molecule has 0 aromatic heterocycles. The number of ether oxygens (including phenoxy) is 1. The Bertz CT molecular complexity index is 754. The number of hydrogen-bond acceptors (Lipinski definition) is 4. The highest BCUT2D eigenvalue weighted by Crippen LogP contribution is 2.26. The largest absolute Gasteiger partial charge is 0.447 e. The number of carbonyl (C=O) groups excluding carboxylic acids is 3. The van der Waals surface area contributed by atoms with Crippen molar-refractivity contribution < 1.29 is 23.5 Å². The van der Waals surface area contributed by atoms with Crippen LogP contribution in [0.15, 0.2) is 48.6 Å². The Morgan fingerprint density at radius 1 is 1.15 bits per heavy atom. The van der Waals surface area contributed by atoms with Gasteiger partial charge in [-0.1, -0.05) is 24.3 Å². The van der Waals surface area contributed by atoms with Crippen LogP contribution in [0.2, 0.25) is 0 Å². The van der Waals surface area contributed by atoms with E-state index in [1.807, 2.05) is 24.3 Å². The molecule has 136 valence electrons. The Balaban J connectivity index is 1.54. The number of halogens is 1. The van der Waals surface area contributed by atoms with Gasteiger partial charge in [-0.3, -0.25) is 9.59 Å². The van der Waals surface area contributed by atoms with Crippen LogP contribution >= 0.6 is 0 Å². The first-order valence-corrected chi connectivity index (χ1v) is 8.67. The van der Waals surface area contributed by atoms with Crippen molar-refractivity contribution >= 4 is 17.8 Å². The summed E-state index contributed by atoms with van der Waals surface area (Å²) in [5.41, 5.74) is 0.413. The molecular weight excluding hydrogens is 337 g/mol. The van der Waals surface area contributed by atoms with Crippen LogP contribution in [0.1, 0.15) is 36.0 Å². The van der Waals surface area contributed by atoms with Gasteiger partial charge in [-0.05, 0) is 37.1 Å². The Morgan fingerprint density at radius 3 is 2.62 bits per heavy atom. The van der Waals surface area contributed by atoms with E-state index < -0.39 is 11.9 Å². The summed E-state index contributed by atoms with van der Waals surface area (Å²) in [7, 11) is 0. The third-order valence-corrected chi connectivity index (χ3v) is 4.64. The number of rotatable bonds is 6. The number of benzene rings is 1. The van der Waals surface area contributed by atoms with Crippen molar-refractivity contribution in [2.45, 2.75) is 31.7 Å². The molecule has 2 unspecified atom stereocenters. The van der Waals surface area contributed by atoms with Crippen LogP contribution in [0.3, 0.4) is 0 Å². The number of imide groups is 1. The lowest BCUT2D eigenvalue weighted by Gasteiger charge is -2.26. The van der Waals surface area contributed by atoms with E-state index in [2.05, 4.69) is 0 Å². The van der Waals surface area contributed by atoms with Crippen LogP contribution in [0.4, 0.5) is 9.18 Å². The lowest BCUT2D eigenvalue weighted by Crippen LogP contribution is -2.42. The minimum Gasteiger partial charge on any atom is -0.447 e. The summed E-state index contributed by atoms with van der Waals surface area (Å²) in [4.78, 5) is 37.7. The van der Waals surface area contributed by atoms with Crippen molar-refractivity contribution in [1.29, 1.82) is 0 Å². The summed E-state index contributed by atoms with van der Waals surface area (Å²) in [6, 6.07) is 5.01. The third-order valence-electron chi connectivity index (χ3n) is 4.64. The zero-order chi connectivity index (χ0) is 18.5. The first kappa shape index (κ1) is 18.0. The molecule has 2 aliphatic rings. The van der Waals surface area contributed by atoms with Gasteiger partial charge in [0.1, 0.15) is 12.4 Å². The maximum atomic E-state index is 12.9.